The molecule has 0 aliphatic heterocycles. The number of alkyl carbamates (subject to hydrolysis) is 1. The first-order valence-electron chi connectivity index (χ1n) is 9.11. The van der Waals surface area contributed by atoms with Crippen molar-refractivity contribution in [3.05, 3.63) is 23.4 Å². The van der Waals surface area contributed by atoms with Crippen molar-refractivity contribution in [1.82, 2.24) is 10.3 Å². The number of nitrogens with zero attached hydrogens (tertiary/aromatic N) is 1. The van der Waals surface area contributed by atoms with Crippen LogP contribution in [0.15, 0.2) is 12.1 Å². The van der Waals surface area contributed by atoms with Crippen molar-refractivity contribution in [3.8, 4) is 0 Å². The molecule has 26 heavy (non-hydrogen) atoms. The molecule has 0 fully saturated rings. The Morgan fingerprint density at radius 2 is 1.69 bits per heavy atom. The topological polar surface area (TPSA) is 101 Å². The number of nitrogens with one attached hydrogen (secondary N) is 2. The molecule has 0 saturated heterocycles. The normalized spacial score (nSPS) is 11.1. The van der Waals surface area contributed by atoms with Gasteiger partial charge in [0.15, 0.2) is 0 Å². The Bertz CT molecular complexity index is 597. The van der Waals surface area contributed by atoms with Gasteiger partial charge in [0.05, 0.1) is 0 Å². The van der Waals surface area contributed by atoms with Crippen LogP contribution in [0.25, 0.3) is 0 Å². The summed E-state index contributed by atoms with van der Waals surface area (Å²) in [4.78, 5) is 26.9. The van der Waals surface area contributed by atoms with E-state index in [1.165, 1.54) is 0 Å². The molecular weight excluding hydrogens is 334 g/mol. The average molecular weight is 365 g/mol. The van der Waals surface area contributed by atoms with Crippen LogP contribution in [0, 0.1) is 6.92 Å². The van der Waals surface area contributed by atoms with Crippen molar-refractivity contribution in [2.45, 2.75) is 65.4 Å². The van der Waals surface area contributed by atoms with Crippen LogP contribution >= 0.6 is 0 Å². The number of carboxylic acids is 1. The quantitative estimate of drug-likeness (QED) is 0.542. The number of carboxylic acid groups (broad SMARTS) is 1. The minimum atomic E-state index is -0.975. The van der Waals surface area contributed by atoms with Crippen molar-refractivity contribution in [1.29, 1.82) is 0 Å². The Labute approximate surface area is 155 Å². The number of unbranched alkanes of at least 4 members (excludes halogenated alkanes) is 4. The zero-order chi connectivity index (χ0) is 19.6. The Morgan fingerprint density at radius 1 is 1.08 bits per heavy atom. The summed E-state index contributed by atoms with van der Waals surface area (Å²) in [7, 11) is 0. The second kappa shape index (κ2) is 10.6. The summed E-state index contributed by atoms with van der Waals surface area (Å²) in [5.74, 6) is -0.545. The van der Waals surface area contributed by atoms with Gasteiger partial charge >= 0.3 is 12.1 Å². The number of carbonyl (C=O) groups is 2. The lowest BCUT2D eigenvalue weighted by Gasteiger charge is -2.19. The van der Waals surface area contributed by atoms with E-state index in [0.29, 0.717) is 18.9 Å². The van der Waals surface area contributed by atoms with Crippen LogP contribution in [0.5, 0.6) is 0 Å². The maximum absolute atomic E-state index is 11.5. The monoisotopic (exact) mass is 365 g/mol. The molecule has 7 nitrogen and oxygen atoms in total. The third-order valence-electron chi connectivity index (χ3n) is 3.58. The summed E-state index contributed by atoms with van der Waals surface area (Å²) in [5.41, 5.74) is 0.516. The molecule has 1 amide bonds. The van der Waals surface area contributed by atoms with Crippen LogP contribution in [0.3, 0.4) is 0 Å². The summed E-state index contributed by atoms with van der Waals surface area (Å²) in [6.45, 7) is 8.66. The van der Waals surface area contributed by atoms with Crippen LogP contribution < -0.4 is 10.6 Å². The van der Waals surface area contributed by atoms with E-state index >= 15 is 0 Å². The SMILES string of the molecule is Cc1ccc(C(=O)O)c(NCCCCCCCNC(=O)OC(C)(C)C)n1. The van der Waals surface area contributed by atoms with Crippen molar-refractivity contribution >= 4 is 17.9 Å². The van der Waals surface area contributed by atoms with E-state index in [9.17, 15) is 9.59 Å². The number of ether oxygens (including phenoxy) is 1. The molecule has 1 aromatic heterocycles. The molecule has 1 rings (SSSR count). The Morgan fingerprint density at radius 3 is 2.31 bits per heavy atom. The molecule has 1 heterocycles. The predicted molar refractivity (Wildman–Crippen MR) is 102 cm³/mol. The highest BCUT2D eigenvalue weighted by molar-refractivity contribution is 5.93. The van der Waals surface area contributed by atoms with Crippen molar-refractivity contribution in [2.24, 2.45) is 0 Å². The zero-order valence-electron chi connectivity index (χ0n) is 16.2. The fourth-order valence-corrected chi connectivity index (χ4v) is 2.36. The van der Waals surface area contributed by atoms with Crippen LogP contribution in [0.1, 0.15) is 68.9 Å². The van der Waals surface area contributed by atoms with Gasteiger partial charge in [0.1, 0.15) is 17.0 Å². The van der Waals surface area contributed by atoms with Gasteiger partial charge in [0.25, 0.3) is 0 Å². The Hall–Kier alpha value is -2.31. The molecule has 0 aliphatic carbocycles. The van der Waals surface area contributed by atoms with Gasteiger partial charge in [-0.1, -0.05) is 19.3 Å². The summed E-state index contributed by atoms with van der Waals surface area (Å²) in [6.07, 6.45) is 4.60. The molecule has 146 valence electrons. The minimum Gasteiger partial charge on any atom is -0.478 e. The number of aromatic carboxylic acids is 1. The van der Waals surface area contributed by atoms with Gasteiger partial charge < -0.3 is 20.5 Å². The first-order valence-corrected chi connectivity index (χ1v) is 9.11. The standard InChI is InChI=1S/C19H31N3O4/c1-14-10-11-15(17(23)24)16(22-14)20-12-8-6-5-7-9-13-21-18(25)26-19(2,3)4/h10-11H,5-9,12-13H2,1-4H3,(H,20,22)(H,21,25)(H,23,24). The molecule has 1 aromatic rings. The van der Waals surface area contributed by atoms with Crippen molar-refractivity contribution in [2.75, 3.05) is 18.4 Å². The van der Waals surface area contributed by atoms with E-state index in [1.54, 1.807) is 12.1 Å². The smallest absolute Gasteiger partial charge is 0.407 e. The number of rotatable bonds is 10. The molecule has 0 spiro atoms. The lowest BCUT2D eigenvalue weighted by atomic mass is 10.1. The third kappa shape index (κ3) is 9.25. The van der Waals surface area contributed by atoms with E-state index in [2.05, 4.69) is 15.6 Å². The summed E-state index contributed by atoms with van der Waals surface area (Å²) in [5, 5.41) is 15.0. The van der Waals surface area contributed by atoms with Gasteiger partial charge in [-0.2, -0.15) is 0 Å². The molecule has 0 saturated carbocycles. The van der Waals surface area contributed by atoms with Gasteiger partial charge in [0.2, 0.25) is 0 Å². The first-order chi connectivity index (χ1) is 12.2. The number of aromatic nitrogens is 1. The lowest BCUT2D eigenvalue weighted by molar-refractivity contribution is 0.0526. The highest BCUT2D eigenvalue weighted by Gasteiger charge is 2.15. The Balaban J connectivity index is 2.11. The predicted octanol–water partition coefficient (Wildman–Crippen LogP) is 3.98. The average Bonchev–Trinajstić information content (AvgIpc) is 2.51. The number of anilines is 1. The van der Waals surface area contributed by atoms with Crippen LogP contribution in [0.4, 0.5) is 10.6 Å². The van der Waals surface area contributed by atoms with E-state index in [4.69, 9.17) is 9.84 Å². The summed E-state index contributed by atoms with van der Waals surface area (Å²) >= 11 is 0. The highest BCUT2D eigenvalue weighted by atomic mass is 16.6. The number of pyridine rings is 1. The molecule has 0 atom stereocenters. The van der Waals surface area contributed by atoms with Gasteiger partial charge in [-0.15, -0.1) is 0 Å². The summed E-state index contributed by atoms with van der Waals surface area (Å²) < 4.78 is 5.17. The fourth-order valence-electron chi connectivity index (χ4n) is 2.36. The van der Waals surface area contributed by atoms with Crippen molar-refractivity contribution < 1.29 is 19.4 Å². The van der Waals surface area contributed by atoms with Gasteiger partial charge in [0, 0.05) is 18.8 Å². The number of hydrogen-bond acceptors (Lipinski definition) is 5. The Kier molecular flexibility index (Phi) is 8.88. The number of aryl methyl sites for hydroxylation is 1. The first kappa shape index (κ1) is 21.7. The van der Waals surface area contributed by atoms with Crippen LogP contribution in [-0.4, -0.2) is 40.8 Å². The van der Waals surface area contributed by atoms with Crippen molar-refractivity contribution in [3.63, 3.8) is 0 Å². The molecule has 0 bridgehead atoms. The summed E-state index contributed by atoms with van der Waals surface area (Å²) in [6, 6.07) is 3.27. The fraction of sp³-hybridized carbons (Fsp3) is 0.632. The maximum Gasteiger partial charge on any atom is 0.407 e. The molecule has 7 heteroatoms. The highest BCUT2D eigenvalue weighted by Crippen LogP contribution is 2.14. The lowest BCUT2D eigenvalue weighted by Crippen LogP contribution is -2.32. The molecule has 0 aliphatic rings. The minimum absolute atomic E-state index is 0.198. The van der Waals surface area contributed by atoms with Crippen LogP contribution in [-0.2, 0) is 4.74 Å². The number of amides is 1. The number of carbonyl (C=O) groups excluding carboxylic acids is 1. The van der Waals surface area contributed by atoms with Gasteiger partial charge in [-0.05, 0) is 52.7 Å². The van der Waals surface area contributed by atoms with E-state index in [0.717, 1.165) is 37.8 Å². The van der Waals surface area contributed by atoms with Gasteiger partial charge in [-0.25, -0.2) is 14.6 Å². The molecule has 0 aromatic carbocycles. The largest absolute Gasteiger partial charge is 0.478 e. The molecule has 3 N–H and O–H groups in total. The van der Waals surface area contributed by atoms with E-state index < -0.39 is 11.6 Å². The third-order valence-corrected chi connectivity index (χ3v) is 3.58. The molecule has 0 radical (unpaired) electrons. The zero-order valence-corrected chi connectivity index (χ0v) is 16.2. The second-order valence-electron chi connectivity index (χ2n) is 7.28. The molecule has 0 unspecified atom stereocenters. The van der Waals surface area contributed by atoms with E-state index in [1.807, 2.05) is 27.7 Å². The number of hydrogen-bond donors (Lipinski definition) is 3. The van der Waals surface area contributed by atoms with Gasteiger partial charge in [-0.3, -0.25) is 0 Å². The second-order valence-corrected chi connectivity index (χ2v) is 7.28. The van der Waals surface area contributed by atoms with Crippen LogP contribution in [0.2, 0.25) is 0 Å². The maximum atomic E-state index is 11.5. The molecular formula is C19H31N3O4. The van der Waals surface area contributed by atoms with E-state index in [-0.39, 0.29) is 11.7 Å².